The van der Waals surface area contributed by atoms with Crippen LogP contribution in [-0.2, 0) is 0 Å². The van der Waals surface area contributed by atoms with Crippen LogP contribution in [0.4, 0.5) is 5.82 Å². The minimum absolute atomic E-state index is 0.412. The Morgan fingerprint density at radius 1 is 1.13 bits per heavy atom. The molecular weight excluding hydrogens is 278 g/mol. The summed E-state index contributed by atoms with van der Waals surface area (Å²) in [6.45, 7) is 0. The van der Waals surface area contributed by atoms with E-state index in [0.717, 1.165) is 0 Å². The third kappa shape index (κ3) is 2.87. The summed E-state index contributed by atoms with van der Waals surface area (Å²) >= 11 is 4.50. The second-order valence-electron chi connectivity index (χ2n) is 2.53. The van der Waals surface area contributed by atoms with Gasteiger partial charge in [-0.2, -0.15) is 0 Å². The van der Waals surface area contributed by atoms with Gasteiger partial charge < -0.3 is 5.73 Å². The highest BCUT2D eigenvalue weighted by atomic mass is 79.9. The monoisotopic (exact) mass is 283 g/mol. The third-order valence-electron chi connectivity index (χ3n) is 1.42. The molecule has 0 spiro atoms. The molecular formula is C8H6BrN5S. The van der Waals surface area contributed by atoms with Crippen LogP contribution in [0.1, 0.15) is 0 Å². The molecule has 0 aromatic carbocycles. The van der Waals surface area contributed by atoms with Crippen LogP contribution < -0.4 is 5.73 Å². The van der Waals surface area contributed by atoms with Crippen LogP contribution in [0.5, 0.6) is 0 Å². The summed E-state index contributed by atoms with van der Waals surface area (Å²) in [5.41, 5.74) is 5.58. The van der Waals surface area contributed by atoms with E-state index in [1.807, 2.05) is 0 Å². The lowest BCUT2D eigenvalue weighted by molar-refractivity contribution is 0.922. The number of anilines is 1. The Balaban J connectivity index is 2.25. The van der Waals surface area contributed by atoms with Crippen molar-refractivity contribution in [3.63, 3.8) is 0 Å². The molecule has 0 unspecified atom stereocenters. The third-order valence-corrected chi connectivity index (χ3v) is 2.58. The van der Waals surface area contributed by atoms with E-state index in [2.05, 4.69) is 35.9 Å². The molecule has 2 aromatic rings. The van der Waals surface area contributed by atoms with Crippen LogP contribution in [0.3, 0.4) is 0 Å². The second kappa shape index (κ2) is 4.54. The van der Waals surface area contributed by atoms with Gasteiger partial charge in [0.1, 0.15) is 10.4 Å². The van der Waals surface area contributed by atoms with Crippen LogP contribution in [0.15, 0.2) is 39.4 Å². The molecule has 2 N–H and O–H groups in total. The van der Waals surface area contributed by atoms with Crippen molar-refractivity contribution in [3.8, 4) is 0 Å². The Morgan fingerprint density at radius 2 is 1.87 bits per heavy atom. The van der Waals surface area contributed by atoms with Crippen molar-refractivity contribution in [2.45, 2.75) is 10.3 Å². The smallest absolute Gasteiger partial charge is 0.198 e. The van der Waals surface area contributed by atoms with Crippen molar-refractivity contribution in [2.75, 3.05) is 5.73 Å². The summed E-state index contributed by atoms with van der Waals surface area (Å²) in [5.74, 6) is 0.412. The maximum absolute atomic E-state index is 5.58. The van der Waals surface area contributed by atoms with Crippen LogP contribution in [0.2, 0.25) is 0 Å². The Kier molecular flexibility index (Phi) is 3.12. The van der Waals surface area contributed by atoms with Gasteiger partial charge in [-0.05, 0) is 33.8 Å². The average molecular weight is 284 g/mol. The van der Waals surface area contributed by atoms with Crippen molar-refractivity contribution in [2.24, 2.45) is 0 Å². The summed E-state index contributed by atoms with van der Waals surface area (Å²) < 4.78 is 0.647. The minimum Gasteiger partial charge on any atom is -0.384 e. The van der Waals surface area contributed by atoms with Crippen molar-refractivity contribution >= 4 is 33.5 Å². The topological polar surface area (TPSA) is 77.6 Å². The predicted octanol–water partition coefficient (Wildman–Crippen LogP) is 1.76. The van der Waals surface area contributed by atoms with Gasteiger partial charge in [0.15, 0.2) is 10.3 Å². The van der Waals surface area contributed by atoms with Gasteiger partial charge in [-0.25, -0.2) is 19.9 Å². The lowest BCUT2D eigenvalue weighted by atomic mass is 10.6. The largest absolute Gasteiger partial charge is 0.384 e. The first-order valence-electron chi connectivity index (χ1n) is 3.99. The zero-order chi connectivity index (χ0) is 10.7. The van der Waals surface area contributed by atoms with Crippen LogP contribution in [0, 0.1) is 0 Å². The van der Waals surface area contributed by atoms with Gasteiger partial charge in [0.05, 0.1) is 0 Å². The number of aromatic nitrogens is 4. The number of hydrogen-bond acceptors (Lipinski definition) is 6. The maximum Gasteiger partial charge on any atom is 0.198 e. The zero-order valence-electron chi connectivity index (χ0n) is 7.46. The molecule has 2 rings (SSSR count). The zero-order valence-corrected chi connectivity index (χ0v) is 9.86. The molecule has 0 bridgehead atoms. The van der Waals surface area contributed by atoms with E-state index in [1.165, 1.54) is 11.8 Å². The normalized spacial score (nSPS) is 10.2. The van der Waals surface area contributed by atoms with E-state index in [4.69, 9.17) is 5.73 Å². The first kappa shape index (κ1) is 10.3. The molecule has 0 aliphatic rings. The van der Waals surface area contributed by atoms with E-state index >= 15 is 0 Å². The molecule has 2 aromatic heterocycles. The molecule has 15 heavy (non-hydrogen) atoms. The van der Waals surface area contributed by atoms with E-state index in [1.54, 1.807) is 24.5 Å². The predicted molar refractivity (Wildman–Crippen MR) is 60.3 cm³/mol. The fourth-order valence-electron chi connectivity index (χ4n) is 0.879. The van der Waals surface area contributed by atoms with Gasteiger partial charge >= 0.3 is 0 Å². The van der Waals surface area contributed by atoms with Crippen molar-refractivity contribution in [1.29, 1.82) is 0 Å². The van der Waals surface area contributed by atoms with E-state index in [9.17, 15) is 0 Å². The number of rotatable bonds is 2. The summed E-state index contributed by atoms with van der Waals surface area (Å²) in [4.78, 5) is 16.3. The summed E-state index contributed by atoms with van der Waals surface area (Å²) in [6.07, 6.45) is 3.33. The molecule has 0 saturated carbocycles. The molecule has 5 nitrogen and oxygen atoms in total. The number of nitrogens with zero attached hydrogens (tertiary/aromatic N) is 4. The quantitative estimate of drug-likeness (QED) is 0.669. The highest BCUT2D eigenvalue weighted by Crippen LogP contribution is 2.22. The maximum atomic E-state index is 5.58. The summed E-state index contributed by atoms with van der Waals surface area (Å²) in [7, 11) is 0. The number of nitrogen functional groups attached to an aromatic ring is 1. The van der Waals surface area contributed by atoms with E-state index in [0.29, 0.717) is 20.7 Å². The standard InChI is InChI=1S/C8H6BrN5S/c9-5-4-6(10)14-8(13-5)15-7-11-2-1-3-12-7/h1-4H,(H2,10,13,14). The molecule has 0 fully saturated rings. The lowest BCUT2D eigenvalue weighted by Gasteiger charge is -1.99. The Morgan fingerprint density at radius 3 is 2.53 bits per heavy atom. The SMILES string of the molecule is Nc1cc(Br)nc(Sc2ncccn2)n1. The first-order valence-corrected chi connectivity index (χ1v) is 5.60. The molecule has 0 amide bonds. The highest BCUT2D eigenvalue weighted by molar-refractivity contribution is 9.10. The van der Waals surface area contributed by atoms with Gasteiger partial charge in [-0.15, -0.1) is 0 Å². The van der Waals surface area contributed by atoms with Crippen LogP contribution >= 0.6 is 27.7 Å². The summed E-state index contributed by atoms with van der Waals surface area (Å²) in [5, 5.41) is 1.11. The Labute approximate surface area is 98.7 Å². The Hall–Kier alpha value is -1.21. The van der Waals surface area contributed by atoms with Gasteiger partial charge in [0.25, 0.3) is 0 Å². The van der Waals surface area contributed by atoms with Crippen LogP contribution in [-0.4, -0.2) is 19.9 Å². The van der Waals surface area contributed by atoms with Gasteiger partial charge in [0.2, 0.25) is 0 Å². The fourth-order valence-corrected chi connectivity index (χ4v) is 2.08. The van der Waals surface area contributed by atoms with Crippen LogP contribution in [0.25, 0.3) is 0 Å². The highest BCUT2D eigenvalue weighted by Gasteiger charge is 2.04. The minimum atomic E-state index is 0.412. The number of nitrogens with two attached hydrogens (primary N) is 1. The van der Waals surface area contributed by atoms with Crippen molar-refractivity contribution in [1.82, 2.24) is 19.9 Å². The lowest BCUT2D eigenvalue weighted by Crippen LogP contribution is -1.95. The van der Waals surface area contributed by atoms with Crippen molar-refractivity contribution in [3.05, 3.63) is 29.1 Å². The second-order valence-corrected chi connectivity index (χ2v) is 4.28. The molecule has 76 valence electrons. The molecule has 0 radical (unpaired) electrons. The molecule has 0 aliphatic carbocycles. The molecule has 0 atom stereocenters. The summed E-state index contributed by atoms with van der Waals surface area (Å²) in [6, 6.07) is 3.39. The molecule has 0 saturated heterocycles. The van der Waals surface area contributed by atoms with Gasteiger partial charge in [0, 0.05) is 18.5 Å². The van der Waals surface area contributed by atoms with E-state index in [-0.39, 0.29) is 0 Å². The van der Waals surface area contributed by atoms with Gasteiger partial charge in [-0.1, -0.05) is 0 Å². The average Bonchev–Trinajstić information content (AvgIpc) is 2.17. The van der Waals surface area contributed by atoms with Crippen molar-refractivity contribution < 1.29 is 0 Å². The van der Waals surface area contributed by atoms with Gasteiger partial charge in [-0.3, -0.25) is 0 Å². The molecule has 7 heteroatoms. The number of halogens is 1. The Bertz CT molecular complexity index is 444. The molecule has 0 aliphatic heterocycles. The fraction of sp³-hybridized carbons (Fsp3) is 0. The number of hydrogen-bond donors (Lipinski definition) is 1. The molecule has 2 heterocycles. The van der Waals surface area contributed by atoms with E-state index < -0.39 is 0 Å². The first-order chi connectivity index (χ1) is 7.24.